The molecule has 176 valence electrons. The summed E-state index contributed by atoms with van der Waals surface area (Å²) in [6.45, 7) is 4.02. The molecule has 0 spiro atoms. The second kappa shape index (κ2) is 11.1. The maximum atomic E-state index is 13.9. The smallest absolute Gasteiger partial charge is 0.254 e. The van der Waals surface area contributed by atoms with Crippen LogP contribution in [0.4, 0.5) is 0 Å². The topological polar surface area (TPSA) is 49.3 Å². The van der Waals surface area contributed by atoms with E-state index >= 15 is 0 Å². The minimum atomic E-state index is 0.0927. The number of benzene rings is 3. The monoisotopic (exact) mass is 462 g/mol. The Morgan fingerprint density at radius 2 is 1.57 bits per heavy atom. The second-order valence-corrected chi connectivity index (χ2v) is 9.15. The average Bonchev–Trinajstić information content (AvgIpc) is 3.12. The largest absolute Gasteiger partial charge is 0.337 e. The van der Waals surface area contributed by atoms with Gasteiger partial charge >= 0.3 is 0 Å². The van der Waals surface area contributed by atoms with E-state index < -0.39 is 0 Å². The van der Waals surface area contributed by atoms with E-state index in [0.29, 0.717) is 13.1 Å². The Hall–Kier alpha value is -3.83. The quantitative estimate of drug-likeness (QED) is 0.406. The summed E-state index contributed by atoms with van der Waals surface area (Å²) < 4.78 is 0. The van der Waals surface area contributed by atoms with E-state index in [9.17, 15) is 4.79 Å². The van der Waals surface area contributed by atoms with Crippen molar-refractivity contribution >= 4 is 5.91 Å². The summed E-state index contributed by atoms with van der Waals surface area (Å²) in [6, 6.07) is 28.7. The Morgan fingerprint density at radius 1 is 0.829 bits per heavy atom. The van der Waals surface area contributed by atoms with Gasteiger partial charge in [-0.2, -0.15) is 0 Å². The summed E-state index contributed by atoms with van der Waals surface area (Å²) in [5.74, 6) is 0.362. The number of hydrogen-bond acceptors (Lipinski definition) is 4. The van der Waals surface area contributed by atoms with Gasteiger partial charge in [-0.3, -0.25) is 19.7 Å². The van der Waals surface area contributed by atoms with Gasteiger partial charge in [-0.25, -0.2) is 0 Å². The summed E-state index contributed by atoms with van der Waals surface area (Å²) in [5, 5.41) is 0. The first kappa shape index (κ1) is 22.9. The fourth-order valence-corrected chi connectivity index (χ4v) is 4.92. The van der Waals surface area contributed by atoms with Crippen molar-refractivity contribution in [2.75, 3.05) is 26.2 Å². The number of nitrogens with zero attached hydrogens (tertiary/aromatic N) is 4. The molecule has 1 fully saturated rings. The third-order valence-corrected chi connectivity index (χ3v) is 6.57. The zero-order valence-corrected chi connectivity index (χ0v) is 19.8. The van der Waals surface area contributed by atoms with Crippen molar-refractivity contribution in [3.8, 4) is 11.1 Å². The molecule has 0 bridgehead atoms. The Morgan fingerprint density at radius 3 is 2.34 bits per heavy atom. The number of carbonyl (C=O) groups excluding carboxylic acids is 1. The molecule has 1 saturated heterocycles. The van der Waals surface area contributed by atoms with Crippen LogP contribution in [0.1, 0.15) is 21.6 Å². The first-order valence-corrected chi connectivity index (χ1v) is 12.2. The molecule has 1 aromatic heterocycles. The fraction of sp³-hybridized carbons (Fsp3) is 0.233. The molecule has 2 heterocycles. The van der Waals surface area contributed by atoms with Crippen molar-refractivity contribution in [1.82, 2.24) is 19.8 Å². The number of carbonyl (C=O) groups is 1. The molecule has 5 rings (SSSR count). The van der Waals surface area contributed by atoms with E-state index in [1.54, 1.807) is 12.4 Å². The fourth-order valence-electron chi connectivity index (χ4n) is 4.92. The summed E-state index contributed by atoms with van der Waals surface area (Å²) in [7, 11) is 0. The van der Waals surface area contributed by atoms with E-state index in [4.69, 9.17) is 0 Å². The van der Waals surface area contributed by atoms with E-state index in [1.165, 1.54) is 5.56 Å². The van der Waals surface area contributed by atoms with Gasteiger partial charge in [0.2, 0.25) is 0 Å². The molecule has 0 radical (unpaired) electrons. The summed E-state index contributed by atoms with van der Waals surface area (Å²) >= 11 is 0. The number of amides is 1. The van der Waals surface area contributed by atoms with Gasteiger partial charge in [0.25, 0.3) is 5.91 Å². The van der Waals surface area contributed by atoms with E-state index in [0.717, 1.165) is 48.4 Å². The van der Waals surface area contributed by atoms with Crippen LogP contribution in [-0.4, -0.2) is 51.9 Å². The predicted octanol–water partition coefficient (Wildman–Crippen LogP) is 4.96. The van der Waals surface area contributed by atoms with Crippen LogP contribution in [0.15, 0.2) is 104 Å². The van der Waals surface area contributed by atoms with Crippen molar-refractivity contribution < 1.29 is 4.79 Å². The van der Waals surface area contributed by atoms with Crippen LogP contribution in [0, 0.1) is 5.92 Å². The van der Waals surface area contributed by atoms with Gasteiger partial charge in [-0.05, 0) is 35.1 Å². The molecule has 1 aliphatic rings. The van der Waals surface area contributed by atoms with E-state index in [2.05, 4.69) is 51.3 Å². The molecule has 1 amide bonds. The average molecular weight is 463 g/mol. The standard InChI is InChI=1S/C30H30N4O/c35-30(29-14-8-7-13-28(29)26-11-5-2-6-12-26)34-18-17-33(21-24-9-3-1-4-10-24)22-25(23-34)19-27-20-31-15-16-32-27/h1-16,20,25H,17-19,21-23H2/t25-/m1/s1. The molecule has 0 saturated carbocycles. The van der Waals surface area contributed by atoms with Gasteiger partial charge in [0.05, 0.1) is 5.69 Å². The molecule has 5 nitrogen and oxygen atoms in total. The number of rotatable bonds is 6. The van der Waals surface area contributed by atoms with Crippen LogP contribution in [0.2, 0.25) is 0 Å². The lowest BCUT2D eigenvalue weighted by Crippen LogP contribution is -2.36. The maximum Gasteiger partial charge on any atom is 0.254 e. The van der Waals surface area contributed by atoms with Gasteiger partial charge in [0.15, 0.2) is 0 Å². The molecular weight excluding hydrogens is 432 g/mol. The van der Waals surface area contributed by atoms with Crippen LogP contribution in [0.3, 0.4) is 0 Å². The third kappa shape index (κ3) is 5.81. The lowest BCUT2D eigenvalue weighted by molar-refractivity contribution is 0.0746. The number of aromatic nitrogens is 2. The van der Waals surface area contributed by atoms with Gasteiger partial charge in [0, 0.05) is 56.9 Å². The van der Waals surface area contributed by atoms with E-state index in [1.807, 2.05) is 59.6 Å². The van der Waals surface area contributed by atoms with Gasteiger partial charge in [-0.1, -0.05) is 78.9 Å². The van der Waals surface area contributed by atoms with Gasteiger partial charge < -0.3 is 4.90 Å². The molecule has 35 heavy (non-hydrogen) atoms. The van der Waals surface area contributed by atoms with Crippen molar-refractivity contribution in [3.05, 3.63) is 120 Å². The zero-order chi connectivity index (χ0) is 23.9. The van der Waals surface area contributed by atoms with Crippen molar-refractivity contribution in [1.29, 1.82) is 0 Å². The lowest BCUT2D eigenvalue weighted by atomic mass is 9.98. The van der Waals surface area contributed by atoms with Crippen molar-refractivity contribution in [3.63, 3.8) is 0 Å². The third-order valence-electron chi connectivity index (χ3n) is 6.57. The van der Waals surface area contributed by atoms with Crippen LogP contribution in [-0.2, 0) is 13.0 Å². The normalized spacial score (nSPS) is 16.6. The first-order valence-electron chi connectivity index (χ1n) is 12.2. The van der Waals surface area contributed by atoms with Crippen LogP contribution >= 0.6 is 0 Å². The lowest BCUT2D eigenvalue weighted by Gasteiger charge is -2.25. The molecular formula is C30H30N4O. The molecule has 0 unspecified atom stereocenters. The van der Waals surface area contributed by atoms with Crippen molar-refractivity contribution in [2.45, 2.75) is 13.0 Å². The Balaban J connectivity index is 1.40. The highest BCUT2D eigenvalue weighted by atomic mass is 16.2. The van der Waals surface area contributed by atoms with Gasteiger partial charge in [-0.15, -0.1) is 0 Å². The molecule has 4 aromatic rings. The summed E-state index contributed by atoms with van der Waals surface area (Å²) in [4.78, 5) is 27.2. The Kier molecular flexibility index (Phi) is 7.25. The molecule has 3 aromatic carbocycles. The number of hydrogen-bond donors (Lipinski definition) is 0. The molecule has 0 N–H and O–H groups in total. The minimum absolute atomic E-state index is 0.0927. The highest BCUT2D eigenvalue weighted by Crippen LogP contribution is 2.26. The van der Waals surface area contributed by atoms with Crippen LogP contribution < -0.4 is 0 Å². The SMILES string of the molecule is O=C(c1ccccc1-c1ccccc1)N1CCN(Cc2ccccc2)C[C@@H](Cc2cnccn2)C1. The second-order valence-electron chi connectivity index (χ2n) is 9.15. The highest BCUT2D eigenvalue weighted by molar-refractivity contribution is 6.00. The Bertz CT molecular complexity index is 1230. The van der Waals surface area contributed by atoms with Crippen molar-refractivity contribution in [2.24, 2.45) is 5.92 Å². The van der Waals surface area contributed by atoms with Crippen LogP contribution in [0.5, 0.6) is 0 Å². The van der Waals surface area contributed by atoms with Crippen LogP contribution in [0.25, 0.3) is 11.1 Å². The molecule has 1 aliphatic heterocycles. The molecule has 1 atom stereocenters. The predicted molar refractivity (Wildman–Crippen MR) is 139 cm³/mol. The molecule has 0 aliphatic carbocycles. The minimum Gasteiger partial charge on any atom is -0.337 e. The highest BCUT2D eigenvalue weighted by Gasteiger charge is 2.28. The summed E-state index contributed by atoms with van der Waals surface area (Å²) in [6.07, 6.45) is 6.08. The summed E-state index contributed by atoms with van der Waals surface area (Å²) in [5.41, 5.74) is 5.06. The van der Waals surface area contributed by atoms with E-state index in [-0.39, 0.29) is 11.8 Å². The first-order chi connectivity index (χ1) is 17.3. The zero-order valence-electron chi connectivity index (χ0n) is 19.8. The maximum absolute atomic E-state index is 13.9. The van der Waals surface area contributed by atoms with Gasteiger partial charge in [0.1, 0.15) is 0 Å². The Labute approximate surface area is 207 Å². The molecule has 5 heteroatoms.